The zero-order valence-electron chi connectivity index (χ0n) is 11.4. The summed E-state index contributed by atoms with van der Waals surface area (Å²) < 4.78 is 0. The fourth-order valence-electron chi connectivity index (χ4n) is 2.04. The lowest BCUT2D eigenvalue weighted by Gasteiger charge is -2.18. The quantitative estimate of drug-likeness (QED) is 0.842. The fourth-order valence-corrected chi connectivity index (χ4v) is 2.50. The summed E-state index contributed by atoms with van der Waals surface area (Å²) in [4.78, 5) is 4.68. The standard InChI is InChI=1S/C15H16ClN3S/c1-9-6-7-18-15(13(9)14(17)20)19-10(2)11-4-3-5-12(16)8-11/h3-8,10H,1-2H3,(H2,17,20)(H,18,19). The molecule has 3 N–H and O–H groups in total. The first-order chi connectivity index (χ1) is 9.49. The van der Waals surface area contributed by atoms with E-state index in [4.69, 9.17) is 29.6 Å². The van der Waals surface area contributed by atoms with E-state index in [2.05, 4.69) is 10.3 Å². The lowest BCUT2D eigenvalue weighted by Crippen LogP contribution is -2.17. The SMILES string of the molecule is Cc1ccnc(NC(C)c2cccc(Cl)c2)c1C(N)=S. The number of hydrogen-bond acceptors (Lipinski definition) is 3. The molecule has 2 rings (SSSR count). The molecule has 0 spiro atoms. The molecule has 0 saturated heterocycles. The van der Waals surface area contributed by atoms with Crippen LogP contribution >= 0.6 is 23.8 Å². The summed E-state index contributed by atoms with van der Waals surface area (Å²) >= 11 is 11.1. The number of nitrogens with zero attached hydrogens (tertiary/aromatic N) is 1. The Balaban J connectivity index is 2.30. The van der Waals surface area contributed by atoms with Crippen LogP contribution in [-0.2, 0) is 0 Å². The molecule has 0 fully saturated rings. The maximum absolute atomic E-state index is 6.01. The third-order valence-corrected chi connectivity index (χ3v) is 3.55. The van der Waals surface area contributed by atoms with Crippen molar-refractivity contribution in [2.24, 2.45) is 5.73 Å². The molecular formula is C15H16ClN3S. The third kappa shape index (κ3) is 3.26. The molecule has 1 atom stereocenters. The first-order valence-corrected chi connectivity index (χ1v) is 7.05. The monoisotopic (exact) mass is 305 g/mol. The van der Waals surface area contributed by atoms with E-state index in [1.165, 1.54) is 0 Å². The van der Waals surface area contributed by atoms with Gasteiger partial charge in [-0.15, -0.1) is 0 Å². The molecule has 0 saturated carbocycles. The topological polar surface area (TPSA) is 50.9 Å². The molecule has 0 aliphatic heterocycles. The van der Waals surface area contributed by atoms with Gasteiger partial charge in [-0.2, -0.15) is 0 Å². The number of thiocarbonyl (C=S) groups is 1. The second-order valence-corrected chi connectivity index (χ2v) is 5.51. The van der Waals surface area contributed by atoms with E-state index in [1.807, 2.05) is 44.2 Å². The van der Waals surface area contributed by atoms with E-state index in [0.717, 1.165) is 16.7 Å². The van der Waals surface area contributed by atoms with E-state index in [9.17, 15) is 0 Å². The van der Waals surface area contributed by atoms with Crippen LogP contribution in [0.15, 0.2) is 36.5 Å². The molecule has 0 radical (unpaired) electrons. The summed E-state index contributed by atoms with van der Waals surface area (Å²) in [5, 5.41) is 4.05. The Labute approximate surface area is 129 Å². The summed E-state index contributed by atoms with van der Waals surface area (Å²) in [5.41, 5.74) is 8.66. The van der Waals surface area contributed by atoms with Crippen molar-refractivity contribution in [1.29, 1.82) is 0 Å². The van der Waals surface area contributed by atoms with Crippen LogP contribution in [0, 0.1) is 6.92 Å². The largest absolute Gasteiger partial charge is 0.389 e. The number of benzene rings is 1. The average Bonchev–Trinajstić information content (AvgIpc) is 2.38. The molecule has 104 valence electrons. The van der Waals surface area contributed by atoms with Gasteiger partial charge in [0, 0.05) is 11.2 Å². The zero-order chi connectivity index (χ0) is 14.7. The van der Waals surface area contributed by atoms with Crippen molar-refractivity contribution in [2.75, 3.05) is 5.32 Å². The summed E-state index contributed by atoms with van der Waals surface area (Å²) in [5.74, 6) is 0.699. The fraction of sp³-hybridized carbons (Fsp3) is 0.200. The number of rotatable bonds is 4. The van der Waals surface area contributed by atoms with Crippen molar-refractivity contribution in [3.63, 3.8) is 0 Å². The second-order valence-electron chi connectivity index (χ2n) is 4.64. The number of halogens is 1. The Kier molecular flexibility index (Phi) is 4.57. The predicted molar refractivity (Wildman–Crippen MR) is 88.4 cm³/mol. The minimum atomic E-state index is 0.0519. The van der Waals surface area contributed by atoms with Crippen molar-refractivity contribution in [1.82, 2.24) is 4.98 Å². The highest BCUT2D eigenvalue weighted by atomic mass is 35.5. The summed E-state index contributed by atoms with van der Waals surface area (Å²) in [6.07, 6.45) is 1.74. The Morgan fingerprint density at radius 2 is 2.15 bits per heavy atom. The van der Waals surface area contributed by atoms with Gasteiger partial charge in [0.15, 0.2) is 0 Å². The van der Waals surface area contributed by atoms with Crippen LogP contribution in [-0.4, -0.2) is 9.97 Å². The van der Waals surface area contributed by atoms with E-state index < -0.39 is 0 Å². The Morgan fingerprint density at radius 1 is 1.40 bits per heavy atom. The lowest BCUT2D eigenvalue weighted by atomic mass is 10.1. The molecule has 0 bridgehead atoms. The van der Waals surface area contributed by atoms with Crippen LogP contribution in [0.5, 0.6) is 0 Å². The lowest BCUT2D eigenvalue weighted by molar-refractivity contribution is 0.873. The number of nitrogens with two attached hydrogens (primary N) is 1. The minimum Gasteiger partial charge on any atom is -0.389 e. The number of hydrogen-bond donors (Lipinski definition) is 2. The van der Waals surface area contributed by atoms with Gasteiger partial charge in [-0.3, -0.25) is 0 Å². The molecule has 1 unspecified atom stereocenters. The summed E-state index contributed by atoms with van der Waals surface area (Å²) in [6.45, 7) is 4.00. The Bertz CT molecular complexity index is 643. The van der Waals surface area contributed by atoms with Crippen LogP contribution in [0.2, 0.25) is 5.02 Å². The van der Waals surface area contributed by atoms with Crippen LogP contribution in [0.3, 0.4) is 0 Å². The highest BCUT2D eigenvalue weighted by Crippen LogP contribution is 2.24. The van der Waals surface area contributed by atoms with Gasteiger partial charge >= 0.3 is 0 Å². The average molecular weight is 306 g/mol. The molecule has 2 aromatic rings. The molecule has 0 aliphatic carbocycles. The van der Waals surface area contributed by atoms with E-state index in [0.29, 0.717) is 15.8 Å². The van der Waals surface area contributed by atoms with Crippen LogP contribution in [0.1, 0.15) is 29.7 Å². The maximum atomic E-state index is 6.01. The number of anilines is 1. The van der Waals surface area contributed by atoms with Crippen LogP contribution in [0.4, 0.5) is 5.82 Å². The Hall–Kier alpha value is -1.65. The van der Waals surface area contributed by atoms with Gasteiger partial charge in [0.05, 0.1) is 11.6 Å². The normalized spacial score (nSPS) is 11.9. The predicted octanol–water partition coefficient (Wildman–Crippen LogP) is 3.85. The van der Waals surface area contributed by atoms with Gasteiger partial charge in [0.1, 0.15) is 10.8 Å². The van der Waals surface area contributed by atoms with Crippen LogP contribution < -0.4 is 11.1 Å². The smallest absolute Gasteiger partial charge is 0.136 e. The van der Waals surface area contributed by atoms with Gasteiger partial charge in [-0.25, -0.2) is 4.98 Å². The van der Waals surface area contributed by atoms with Crippen molar-refractivity contribution in [3.8, 4) is 0 Å². The van der Waals surface area contributed by atoms with E-state index in [1.54, 1.807) is 6.20 Å². The molecular weight excluding hydrogens is 290 g/mol. The molecule has 1 aromatic carbocycles. The van der Waals surface area contributed by atoms with Crippen molar-refractivity contribution < 1.29 is 0 Å². The summed E-state index contributed by atoms with van der Waals surface area (Å²) in [6, 6.07) is 9.66. The van der Waals surface area contributed by atoms with Gasteiger partial charge in [0.25, 0.3) is 0 Å². The van der Waals surface area contributed by atoms with Crippen molar-refractivity contribution >= 4 is 34.6 Å². The molecule has 0 amide bonds. The molecule has 20 heavy (non-hydrogen) atoms. The molecule has 5 heteroatoms. The number of aryl methyl sites for hydroxylation is 1. The first-order valence-electron chi connectivity index (χ1n) is 6.26. The van der Waals surface area contributed by atoms with Gasteiger partial charge in [0.2, 0.25) is 0 Å². The minimum absolute atomic E-state index is 0.0519. The van der Waals surface area contributed by atoms with E-state index in [-0.39, 0.29) is 6.04 Å². The second kappa shape index (κ2) is 6.20. The van der Waals surface area contributed by atoms with Gasteiger partial charge in [-0.05, 0) is 43.2 Å². The molecule has 0 aliphatic rings. The summed E-state index contributed by atoms with van der Waals surface area (Å²) in [7, 11) is 0. The third-order valence-electron chi connectivity index (χ3n) is 3.11. The Morgan fingerprint density at radius 3 is 2.80 bits per heavy atom. The van der Waals surface area contributed by atoms with Crippen molar-refractivity contribution in [3.05, 3.63) is 58.2 Å². The number of nitrogens with one attached hydrogen (secondary N) is 1. The molecule has 3 nitrogen and oxygen atoms in total. The van der Waals surface area contributed by atoms with Gasteiger partial charge < -0.3 is 11.1 Å². The zero-order valence-corrected chi connectivity index (χ0v) is 12.9. The van der Waals surface area contributed by atoms with Crippen LogP contribution in [0.25, 0.3) is 0 Å². The maximum Gasteiger partial charge on any atom is 0.136 e. The first kappa shape index (κ1) is 14.8. The van der Waals surface area contributed by atoms with Gasteiger partial charge in [-0.1, -0.05) is 36.0 Å². The highest BCUT2D eigenvalue weighted by Gasteiger charge is 2.13. The number of aromatic nitrogens is 1. The molecule has 1 heterocycles. The highest BCUT2D eigenvalue weighted by molar-refractivity contribution is 7.80. The molecule has 1 aromatic heterocycles. The van der Waals surface area contributed by atoms with Crippen molar-refractivity contribution in [2.45, 2.75) is 19.9 Å². The number of pyridine rings is 1. The van der Waals surface area contributed by atoms with E-state index >= 15 is 0 Å².